The molecular formula is C13H17ClN2O2. The van der Waals surface area contributed by atoms with E-state index in [9.17, 15) is 4.79 Å². The van der Waals surface area contributed by atoms with Crippen molar-refractivity contribution in [3.63, 3.8) is 0 Å². The first-order valence-corrected chi connectivity index (χ1v) is 6.44. The van der Waals surface area contributed by atoms with Crippen LogP contribution in [-0.4, -0.2) is 25.3 Å². The van der Waals surface area contributed by atoms with E-state index < -0.39 is 0 Å². The number of benzene rings is 1. The fourth-order valence-corrected chi connectivity index (χ4v) is 2.30. The van der Waals surface area contributed by atoms with Gasteiger partial charge in [-0.1, -0.05) is 17.7 Å². The number of hydrogen-bond donors (Lipinski definition) is 1. The Kier molecular flexibility index (Phi) is 4.09. The minimum atomic E-state index is -0.315. The molecule has 1 heterocycles. The summed E-state index contributed by atoms with van der Waals surface area (Å²) in [4.78, 5) is 13.6. The number of ether oxygens (including phenoxy) is 1. The van der Waals surface area contributed by atoms with Gasteiger partial charge in [-0.25, -0.2) is 4.79 Å². The molecule has 4 nitrogen and oxygen atoms in total. The lowest BCUT2D eigenvalue weighted by Crippen LogP contribution is -2.43. The number of hydrogen-bond acceptors (Lipinski definition) is 3. The Morgan fingerprint density at radius 3 is 3.00 bits per heavy atom. The van der Waals surface area contributed by atoms with Crippen LogP contribution in [0.4, 0.5) is 10.5 Å². The summed E-state index contributed by atoms with van der Waals surface area (Å²) in [6, 6.07) is 5.53. The molecule has 5 heteroatoms. The summed E-state index contributed by atoms with van der Waals surface area (Å²) >= 11 is 6.06. The van der Waals surface area contributed by atoms with Crippen LogP contribution in [0.3, 0.4) is 0 Å². The van der Waals surface area contributed by atoms with E-state index in [2.05, 4.69) is 0 Å². The van der Waals surface area contributed by atoms with Gasteiger partial charge in [0.25, 0.3) is 0 Å². The van der Waals surface area contributed by atoms with E-state index >= 15 is 0 Å². The molecule has 1 atom stereocenters. The fourth-order valence-electron chi connectivity index (χ4n) is 2.13. The zero-order chi connectivity index (χ0) is 13.1. The van der Waals surface area contributed by atoms with Crippen molar-refractivity contribution in [3.8, 4) is 0 Å². The van der Waals surface area contributed by atoms with E-state index in [4.69, 9.17) is 22.1 Å². The van der Waals surface area contributed by atoms with Crippen LogP contribution in [0.1, 0.15) is 18.4 Å². The van der Waals surface area contributed by atoms with Crippen LogP contribution >= 0.6 is 11.6 Å². The number of halogens is 1. The van der Waals surface area contributed by atoms with Gasteiger partial charge in [-0.15, -0.1) is 0 Å². The van der Waals surface area contributed by atoms with Gasteiger partial charge < -0.3 is 10.5 Å². The predicted molar refractivity (Wildman–Crippen MR) is 72.1 cm³/mol. The fraction of sp³-hybridized carbons (Fsp3) is 0.462. The zero-order valence-corrected chi connectivity index (χ0v) is 11.1. The summed E-state index contributed by atoms with van der Waals surface area (Å²) in [6.07, 6.45) is 1.14. The molecule has 2 N–H and O–H groups in total. The first kappa shape index (κ1) is 13.2. The van der Waals surface area contributed by atoms with Crippen molar-refractivity contribution in [2.24, 2.45) is 5.73 Å². The molecule has 1 aromatic rings. The number of amides is 1. The first-order valence-electron chi connectivity index (χ1n) is 6.07. The maximum atomic E-state index is 12.0. The van der Waals surface area contributed by atoms with E-state index in [1.807, 2.05) is 25.1 Å². The van der Waals surface area contributed by atoms with Crippen molar-refractivity contribution in [1.29, 1.82) is 0 Å². The summed E-state index contributed by atoms with van der Waals surface area (Å²) in [5.74, 6) is 0. The van der Waals surface area contributed by atoms with Crippen molar-refractivity contribution >= 4 is 23.4 Å². The van der Waals surface area contributed by atoms with Gasteiger partial charge >= 0.3 is 6.09 Å². The molecule has 98 valence electrons. The van der Waals surface area contributed by atoms with Crippen LogP contribution in [0, 0.1) is 6.92 Å². The van der Waals surface area contributed by atoms with Gasteiger partial charge in [-0.3, -0.25) is 4.90 Å². The molecule has 0 saturated carbocycles. The van der Waals surface area contributed by atoms with Crippen LogP contribution < -0.4 is 10.6 Å². The van der Waals surface area contributed by atoms with E-state index in [1.54, 1.807) is 4.90 Å². The smallest absolute Gasteiger partial charge is 0.414 e. The summed E-state index contributed by atoms with van der Waals surface area (Å²) in [5.41, 5.74) is 7.19. The van der Waals surface area contributed by atoms with Crippen molar-refractivity contribution in [2.45, 2.75) is 25.9 Å². The summed E-state index contributed by atoms with van der Waals surface area (Å²) in [5, 5.41) is 0.657. The van der Waals surface area contributed by atoms with E-state index in [1.165, 1.54) is 0 Å². The number of carbonyl (C=O) groups is 1. The molecule has 1 aromatic carbocycles. The van der Waals surface area contributed by atoms with E-state index in [0.717, 1.165) is 17.7 Å². The van der Waals surface area contributed by atoms with Crippen molar-refractivity contribution in [2.75, 3.05) is 18.0 Å². The standard InChI is InChI=1S/C13H17ClN2O2/c1-9-11(14)3-2-4-12(9)16-8-6-10(5-7-15)18-13(16)17/h2-4,10H,5-8,15H2,1H3. The van der Waals surface area contributed by atoms with Crippen molar-refractivity contribution in [3.05, 3.63) is 28.8 Å². The molecule has 1 fully saturated rings. The molecule has 1 unspecified atom stereocenters. The normalized spacial score (nSPS) is 19.8. The highest BCUT2D eigenvalue weighted by atomic mass is 35.5. The van der Waals surface area contributed by atoms with Crippen LogP contribution in [0.15, 0.2) is 18.2 Å². The average Bonchev–Trinajstić information content (AvgIpc) is 2.34. The van der Waals surface area contributed by atoms with Gasteiger partial charge in [-0.05, 0) is 37.6 Å². The minimum absolute atomic E-state index is 0.0572. The molecule has 0 spiro atoms. The Bertz CT molecular complexity index is 451. The van der Waals surface area contributed by atoms with Crippen LogP contribution in [0.5, 0.6) is 0 Å². The molecule has 0 bridgehead atoms. The van der Waals surface area contributed by atoms with Crippen molar-refractivity contribution < 1.29 is 9.53 Å². The Hall–Kier alpha value is -1.26. The van der Waals surface area contributed by atoms with Crippen molar-refractivity contribution in [1.82, 2.24) is 0 Å². The maximum absolute atomic E-state index is 12.0. The van der Waals surface area contributed by atoms with E-state index in [-0.39, 0.29) is 12.2 Å². The topological polar surface area (TPSA) is 55.6 Å². The number of carbonyl (C=O) groups excluding carboxylic acids is 1. The molecule has 0 aromatic heterocycles. The molecule has 2 rings (SSSR count). The Morgan fingerprint density at radius 1 is 1.56 bits per heavy atom. The third-order valence-electron chi connectivity index (χ3n) is 3.18. The lowest BCUT2D eigenvalue weighted by molar-refractivity contribution is 0.0806. The monoisotopic (exact) mass is 268 g/mol. The quantitative estimate of drug-likeness (QED) is 0.917. The minimum Gasteiger partial charge on any atom is -0.446 e. The van der Waals surface area contributed by atoms with Gasteiger partial charge in [0.15, 0.2) is 0 Å². The SMILES string of the molecule is Cc1c(Cl)cccc1N1CCC(CCN)OC1=O. The van der Waals surface area contributed by atoms with Gasteiger partial charge in [0, 0.05) is 18.0 Å². The second-order valence-electron chi connectivity index (χ2n) is 4.41. The highest BCUT2D eigenvalue weighted by Crippen LogP contribution is 2.29. The van der Waals surface area contributed by atoms with Gasteiger partial charge in [-0.2, -0.15) is 0 Å². The molecular weight excluding hydrogens is 252 g/mol. The lowest BCUT2D eigenvalue weighted by Gasteiger charge is -2.32. The largest absolute Gasteiger partial charge is 0.446 e. The average molecular weight is 269 g/mol. The third-order valence-corrected chi connectivity index (χ3v) is 3.59. The van der Waals surface area contributed by atoms with Crippen LogP contribution in [0.25, 0.3) is 0 Å². The highest BCUT2D eigenvalue weighted by molar-refractivity contribution is 6.31. The predicted octanol–water partition coefficient (Wildman–Crippen LogP) is 2.71. The first-order chi connectivity index (χ1) is 8.63. The highest BCUT2D eigenvalue weighted by Gasteiger charge is 2.28. The number of cyclic esters (lactones) is 1. The third kappa shape index (κ3) is 2.60. The molecule has 0 aliphatic carbocycles. The van der Waals surface area contributed by atoms with E-state index in [0.29, 0.717) is 24.5 Å². The van der Waals surface area contributed by atoms with Gasteiger partial charge in [0.2, 0.25) is 0 Å². The maximum Gasteiger partial charge on any atom is 0.414 e. The summed E-state index contributed by atoms with van der Waals surface area (Å²) in [7, 11) is 0. The Labute approximate surface area is 112 Å². The molecule has 0 radical (unpaired) electrons. The molecule has 1 aliphatic rings. The number of nitrogens with two attached hydrogens (primary N) is 1. The molecule has 1 saturated heterocycles. The second kappa shape index (κ2) is 5.59. The number of rotatable bonds is 3. The summed E-state index contributed by atoms with van der Waals surface area (Å²) in [6.45, 7) is 3.08. The Morgan fingerprint density at radius 2 is 2.33 bits per heavy atom. The zero-order valence-electron chi connectivity index (χ0n) is 10.4. The lowest BCUT2D eigenvalue weighted by atomic mass is 10.1. The van der Waals surface area contributed by atoms with Gasteiger partial charge in [0.05, 0.1) is 5.69 Å². The number of anilines is 1. The molecule has 1 amide bonds. The second-order valence-corrected chi connectivity index (χ2v) is 4.81. The van der Waals surface area contributed by atoms with Crippen LogP contribution in [-0.2, 0) is 4.74 Å². The van der Waals surface area contributed by atoms with Crippen LogP contribution in [0.2, 0.25) is 5.02 Å². The molecule has 1 aliphatic heterocycles. The summed E-state index contributed by atoms with van der Waals surface area (Å²) < 4.78 is 5.35. The Balaban J connectivity index is 2.16. The molecule has 18 heavy (non-hydrogen) atoms. The van der Waals surface area contributed by atoms with Gasteiger partial charge in [0.1, 0.15) is 6.10 Å². The number of nitrogens with zero attached hydrogens (tertiary/aromatic N) is 1.